The lowest BCUT2D eigenvalue weighted by atomic mass is 10.0. The van der Waals surface area contributed by atoms with Crippen molar-refractivity contribution in [2.45, 2.75) is 12.8 Å². The minimum atomic E-state index is -0.362. The Kier molecular flexibility index (Phi) is 5.81. The molecule has 1 aromatic heterocycles. The van der Waals surface area contributed by atoms with E-state index in [1.165, 1.54) is 18.6 Å². The Hall–Kier alpha value is -2.28. The molecule has 0 atom stereocenters. The molecule has 0 spiro atoms. The molecule has 7 heteroatoms. The van der Waals surface area contributed by atoms with Crippen LogP contribution in [0.5, 0.6) is 17.2 Å². The Morgan fingerprint density at radius 1 is 1.04 bits per heavy atom. The number of ether oxygens (including phenoxy) is 4. The van der Waals surface area contributed by atoms with E-state index < -0.39 is 0 Å². The van der Waals surface area contributed by atoms with Gasteiger partial charge in [-0.1, -0.05) is 0 Å². The SMILES string of the molecule is COC(=O)c1csnc1CCc1cc(OC)c(OC)c(OC)c1. The van der Waals surface area contributed by atoms with Crippen molar-refractivity contribution in [3.05, 3.63) is 34.3 Å². The van der Waals surface area contributed by atoms with Gasteiger partial charge in [0.1, 0.15) is 0 Å². The summed E-state index contributed by atoms with van der Waals surface area (Å²) in [7, 11) is 6.09. The number of carbonyl (C=O) groups is 1. The Morgan fingerprint density at radius 3 is 2.22 bits per heavy atom. The van der Waals surface area contributed by atoms with Gasteiger partial charge in [0.25, 0.3) is 0 Å². The predicted octanol–water partition coefficient (Wildman–Crippen LogP) is 2.74. The van der Waals surface area contributed by atoms with Gasteiger partial charge in [-0.25, -0.2) is 4.79 Å². The van der Waals surface area contributed by atoms with Crippen LogP contribution in [0, 0.1) is 0 Å². The molecule has 0 radical (unpaired) electrons. The van der Waals surface area contributed by atoms with Gasteiger partial charge in [-0.15, -0.1) is 0 Å². The first kappa shape index (κ1) is 17.1. The van der Waals surface area contributed by atoms with Crippen molar-refractivity contribution in [2.24, 2.45) is 0 Å². The molecule has 0 bridgehead atoms. The summed E-state index contributed by atoms with van der Waals surface area (Å²) >= 11 is 1.25. The minimum Gasteiger partial charge on any atom is -0.493 e. The molecule has 2 aromatic rings. The van der Waals surface area contributed by atoms with Crippen LogP contribution in [0.15, 0.2) is 17.5 Å². The fraction of sp³-hybridized carbons (Fsp3) is 0.375. The molecule has 23 heavy (non-hydrogen) atoms. The van der Waals surface area contributed by atoms with Gasteiger partial charge in [-0.05, 0) is 42.1 Å². The average Bonchev–Trinajstić information content (AvgIpc) is 3.06. The van der Waals surface area contributed by atoms with Crippen LogP contribution in [-0.2, 0) is 17.6 Å². The first-order chi connectivity index (χ1) is 11.1. The van der Waals surface area contributed by atoms with E-state index in [2.05, 4.69) is 4.37 Å². The summed E-state index contributed by atoms with van der Waals surface area (Å²) in [6, 6.07) is 3.79. The van der Waals surface area contributed by atoms with Crippen molar-refractivity contribution in [3.8, 4) is 17.2 Å². The first-order valence-corrected chi connectivity index (χ1v) is 7.78. The standard InChI is InChI=1S/C16H19NO5S/c1-19-13-7-10(8-14(20-2)15(13)21-3)5-6-12-11(9-23-17-12)16(18)22-4/h7-9H,5-6H2,1-4H3. The highest BCUT2D eigenvalue weighted by Crippen LogP contribution is 2.38. The molecule has 0 aliphatic carbocycles. The molecule has 124 valence electrons. The molecule has 2 rings (SSSR count). The fourth-order valence-corrected chi connectivity index (χ4v) is 2.97. The lowest BCUT2D eigenvalue weighted by Crippen LogP contribution is -2.05. The molecular weight excluding hydrogens is 318 g/mol. The highest BCUT2D eigenvalue weighted by Gasteiger charge is 2.16. The minimum absolute atomic E-state index is 0.362. The lowest BCUT2D eigenvalue weighted by Gasteiger charge is -2.14. The number of methoxy groups -OCH3 is 4. The highest BCUT2D eigenvalue weighted by atomic mass is 32.1. The molecule has 0 unspecified atom stereocenters. The van der Waals surface area contributed by atoms with Crippen molar-refractivity contribution >= 4 is 17.5 Å². The summed E-state index contributed by atoms with van der Waals surface area (Å²) in [5.41, 5.74) is 2.25. The van der Waals surface area contributed by atoms with Crippen molar-refractivity contribution in [1.82, 2.24) is 4.37 Å². The zero-order valence-corrected chi connectivity index (χ0v) is 14.4. The maximum atomic E-state index is 11.7. The van der Waals surface area contributed by atoms with Gasteiger partial charge in [-0.2, -0.15) is 4.37 Å². The smallest absolute Gasteiger partial charge is 0.340 e. The van der Waals surface area contributed by atoms with E-state index in [0.29, 0.717) is 35.7 Å². The summed E-state index contributed by atoms with van der Waals surface area (Å²) in [6.07, 6.45) is 1.30. The second kappa shape index (κ2) is 7.82. The van der Waals surface area contributed by atoms with Crippen LogP contribution in [0.2, 0.25) is 0 Å². The van der Waals surface area contributed by atoms with Gasteiger partial charge < -0.3 is 18.9 Å². The molecule has 0 saturated heterocycles. The molecule has 0 amide bonds. The van der Waals surface area contributed by atoms with Crippen molar-refractivity contribution in [2.75, 3.05) is 28.4 Å². The lowest BCUT2D eigenvalue weighted by molar-refractivity contribution is 0.0600. The maximum Gasteiger partial charge on any atom is 0.340 e. The molecule has 1 aromatic carbocycles. The van der Waals surface area contributed by atoms with E-state index in [4.69, 9.17) is 18.9 Å². The van der Waals surface area contributed by atoms with Gasteiger partial charge in [0.15, 0.2) is 11.5 Å². The number of carbonyl (C=O) groups excluding carboxylic acids is 1. The Bertz CT molecular complexity index is 658. The Labute approximate surface area is 139 Å². The number of esters is 1. The molecule has 1 heterocycles. The maximum absolute atomic E-state index is 11.7. The summed E-state index contributed by atoms with van der Waals surface area (Å²) in [4.78, 5) is 11.7. The van der Waals surface area contributed by atoms with Crippen LogP contribution in [0.4, 0.5) is 0 Å². The van der Waals surface area contributed by atoms with Crippen LogP contribution in [-0.4, -0.2) is 38.8 Å². The zero-order chi connectivity index (χ0) is 16.8. The van der Waals surface area contributed by atoms with Gasteiger partial charge in [-0.3, -0.25) is 0 Å². The van der Waals surface area contributed by atoms with Crippen LogP contribution >= 0.6 is 11.5 Å². The van der Waals surface area contributed by atoms with Crippen molar-refractivity contribution in [3.63, 3.8) is 0 Å². The summed E-state index contributed by atoms with van der Waals surface area (Å²) in [6.45, 7) is 0. The van der Waals surface area contributed by atoms with E-state index in [0.717, 1.165) is 11.3 Å². The van der Waals surface area contributed by atoms with Crippen LogP contribution in [0.1, 0.15) is 21.6 Å². The molecule has 0 aliphatic heterocycles. The Morgan fingerprint density at radius 2 is 1.70 bits per heavy atom. The number of hydrogen-bond donors (Lipinski definition) is 0. The number of aromatic nitrogens is 1. The van der Waals surface area contributed by atoms with E-state index in [-0.39, 0.29) is 5.97 Å². The highest BCUT2D eigenvalue weighted by molar-refractivity contribution is 7.03. The first-order valence-electron chi connectivity index (χ1n) is 6.95. The third-order valence-corrected chi connectivity index (χ3v) is 4.09. The second-order valence-electron chi connectivity index (χ2n) is 4.70. The normalized spacial score (nSPS) is 10.3. The average molecular weight is 337 g/mol. The number of aryl methyl sites for hydroxylation is 2. The number of rotatable bonds is 7. The van der Waals surface area contributed by atoms with Crippen molar-refractivity contribution in [1.29, 1.82) is 0 Å². The summed E-state index contributed by atoms with van der Waals surface area (Å²) in [5.74, 6) is 1.41. The van der Waals surface area contributed by atoms with E-state index in [1.54, 1.807) is 26.7 Å². The van der Waals surface area contributed by atoms with E-state index in [1.807, 2.05) is 12.1 Å². The van der Waals surface area contributed by atoms with Gasteiger partial charge in [0, 0.05) is 5.38 Å². The zero-order valence-electron chi connectivity index (χ0n) is 13.5. The number of hydrogen-bond acceptors (Lipinski definition) is 7. The summed E-state index contributed by atoms with van der Waals surface area (Å²) in [5, 5.41) is 1.70. The number of nitrogens with zero attached hydrogens (tertiary/aromatic N) is 1. The Balaban J connectivity index is 2.21. The molecule has 0 aliphatic rings. The van der Waals surface area contributed by atoms with E-state index >= 15 is 0 Å². The van der Waals surface area contributed by atoms with Crippen LogP contribution < -0.4 is 14.2 Å². The van der Waals surface area contributed by atoms with E-state index in [9.17, 15) is 4.79 Å². The third-order valence-electron chi connectivity index (χ3n) is 3.42. The quantitative estimate of drug-likeness (QED) is 0.724. The fourth-order valence-electron chi connectivity index (χ4n) is 2.26. The predicted molar refractivity (Wildman–Crippen MR) is 87.0 cm³/mol. The molecule has 0 N–H and O–H groups in total. The van der Waals surface area contributed by atoms with Crippen LogP contribution in [0.3, 0.4) is 0 Å². The number of benzene rings is 1. The molecule has 0 saturated carbocycles. The molecule has 0 fully saturated rings. The van der Waals surface area contributed by atoms with Gasteiger partial charge in [0.2, 0.25) is 5.75 Å². The van der Waals surface area contributed by atoms with Gasteiger partial charge >= 0.3 is 5.97 Å². The topological polar surface area (TPSA) is 66.9 Å². The van der Waals surface area contributed by atoms with Gasteiger partial charge in [0.05, 0.1) is 39.7 Å². The van der Waals surface area contributed by atoms with Crippen LogP contribution in [0.25, 0.3) is 0 Å². The third kappa shape index (κ3) is 3.73. The summed E-state index contributed by atoms with van der Waals surface area (Å²) < 4.78 is 25.0. The second-order valence-corrected chi connectivity index (χ2v) is 5.33. The largest absolute Gasteiger partial charge is 0.493 e. The van der Waals surface area contributed by atoms with Crippen molar-refractivity contribution < 1.29 is 23.7 Å². The molecule has 6 nitrogen and oxygen atoms in total. The molecular formula is C16H19NO5S. The monoisotopic (exact) mass is 337 g/mol.